The summed E-state index contributed by atoms with van der Waals surface area (Å²) in [7, 11) is -4.75. The third kappa shape index (κ3) is 3.21. The summed E-state index contributed by atoms with van der Waals surface area (Å²) >= 11 is 0. The molecule has 11 nitrogen and oxygen atoms in total. The molecule has 3 saturated heterocycles. The van der Waals surface area contributed by atoms with Crippen molar-refractivity contribution >= 4 is 16.4 Å². The zero-order valence-electron chi connectivity index (χ0n) is 13.4. The van der Waals surface area contributed by atoms with Gasteiger partial charge in [-0.05, 0) is 32.2 Å². The van der Waals surface area contributed by atoms with Gasteiger partial charge < -0.3 is 14.6 Å². The summed E-state index contributed by atoms with van der Waals surface area (Å²) in [6, 6.07) is -1.49. The van der Waals surface area contributed by atoms with E-state index in [9.17, 15) is 13.2 Å². The molecule has 3 aliphatic heterocycles. The van der Waals surface area contributed by atoms with Crippen molar-refractivity contribution in [3.63, 3.8) is 0 Å². The number of nitrogens with one attached hydrogen (secondary N) is 1. The van der Waals surface area contributed by atoms with E-state index in [-0.39, 0.29) is 12.5 Å². The van der Waals surface area contributed by atoms with Crippen LogP contribution in [0, 0.1) is 0 Å². The van der Waals surface area contributed by atoms with Crippen LogP contribution in [0.15, 0.2) is 4.42 Å². The highest BCUT2D eigenvalue weighted by Gasteiger charge is 2.49. The van der Waals surface area contributed by atoms with Crippen LogP contribution in [-0.2, 0) is 14.7 Å². The Morgan fingerprint density at radius 1 is 1.24 bits per heavy atom. The van der Waals surface area contributed by atoms with Gasteiger partial charge in [-0.1, -0.05) is 0 Å². The number of aromatic nitrogens is 2. The molecule has 1 aromatic heterocycles. The third-order valence-electron chi connectivity index (χ3n) is 4.88. The van der Waals surface area contributed by atoms with Crippen molar-refractivity contribution in [3.05, 3.63) is 11.8 Å². The topological polar surface area (TPSA) is 138 Å². The smallest absolute Gasteiger partial charge is 0.418 e. The molecule has 1 aromatic rings. The molecule has 0 spiro atoms. The number of carbonyl (C=O) groups excluding carboxylic acids is 1. The first kappa shape index (κ1) is 16.7. The van der Waals surface area contributed by atoms with Gasteiger partial charge in [0.2, 0.25) is 11.8 Å². The van der Waals surface area contributed by atoms with Gasteiger partial charge in [0.15, 0.2) is 0 Å². The van der Waals surface area contributed by atoms with Crippen LogP contribution in [0.25, 0.3) is 0 Å². The van der Waals surface area contributed by atoms with Crippen LogP contribution in [0.1, 0.15) is 49.4 Å². The van der Waals surface area contributed by atoms with Gasteiger partial charge in [-0.25, -0.2) is 4.79 Å². The predicted octanol–water partition coefficient (Wildman–Crippen LogP) is 0.212. The zero-order chi connectivity index (χ0) is 17.6. The number of fused-ring (bicyclic) bond motifs is 2. The van der Waals surface area contributed by atoms with Gasteiger partial charge in [0, 0.05) is 19.0 Å². The van der Waals surface area contributed by atoms with Crippen molar-refractivity contribution in [2.24, 2.45) is 0 Å². The van der Waals surface area contributed by atoms with Crippen molar-refractivity contribution in [1.29, 1.82) is 0 Å². The second kappa shape index (κ2) is 6.20. The number of piperidine rings is 2. The fraction of sp³-hybridized carbons (Fsp3) is 0.769. The Balaban J connectivity index is 1.51. The van der Waals surface area contributed by atoms with Crippen LogP contribution in [0.4, 0.5) is 4.79 Å². The van der Waals surface area contributed by atoms with E-state index in [1.54, 1.807) is 0 Å². The first-order chi connectivity index (χ1) is 11.9. The minimum atomic E-state index is -4.75. The van der Waals surface area contributed by atoms with Gasteiger partial charge >= 0.3 is 16.4 Å². The lowest BCUT2D eigenvalue weighted by molar-refractivity contribution is -0.0317. The monoisotopic (exact) mass is 373 g/mol. The molecule has 2 amide bonds. The van der Waals surface area contributed by atoms with Crippen molar-refractivity contribution in [1.82, 2.24) is 25.5 Å². The molecule has 25 heavy (non-hydrogen) atoms. The lowest BCUT2D eigenvalue weighted by Gasteiger charge is -2.27. The van der Waals surface area contributed by atoms with Crippen molar-refractivity contribution in [2.75, 3.05) is 19.6 Å². The Kier molecular flexibility index (Phi) is 4.14. The Hall–Kier alpha value is -1.76. The average Bonchev–Trinajstić information content (AvgIpc) is 3.16. The summed E-state index contributed by atoms with van der Waals surface area (Å²) in [5.74, 6) is 1.07. The maximum atomic E-state index is 12.4. The zero-order valence-corrected chi connectivity index (χ0v) is 14.2. The molecule has 0 aliphatic carbocycles. The lowest BCUT2D eigenvalue weighted by Crippen LogP contribution is -2.35. The molecule has 12 heteroatoms. The fourth-order valence-electron chi connectivity index (χ4n) is 3.70. The molecule has 1 unspecified atom stereocenters. The molecule has 0 saturated carbocycles. The van der Waals surface area contributed by atoms with Crippen molar-refractivity contribution in [2.45, 2.75) is 43.7 Å². The van der Waals surface area contributed by atoms with Gasteiger partial charge in [-0.15, -0.1) is 14.5 Å². The number of amides is 2. The number of urea groups is 1. The first-order valence-corrected chi connectivity index (χ1v) is 9.60. The molecule has 4 rings (SSSR count). The Labute approximate surface area is 144 Å². The Bertz CT molecular complexity index is 761. The van der Waals surface area contributed by atoms with E-state index >= 15 is 0 Å². The lowest BCUT2D eigenvalue weighted by atomic mass is 10.00. The Morgan fingerprint density at radius 2 is 2.04 bits per heavy atom. The van der Waals surface area contributed by atoms with Crippen LogP contribution in [0.2, 0.25) is 0 Å². The molecule has 3 atom stereocenters. The number of nitrogens with zero attached hydrogens (tertiary/aromatic N) is 4. The van der Waals surface area contributed by atoms with Crippen molar-refractivity contribution in [3.8, 4) is 0 Å². The van der Waals surface area contributed by atoms with Gasteiger partial charge in [0.05, 0.1) is 6.04 Å². The minimum absolute atomic E-state index is 0.167. The van der Waals surface area contributed by atoms with E-state index in [1.807, 2.05) is 0 Å². The fourth-order valence-corrected chi connectivity index (χ4v) is 4.09. The van der Waals surface area contributed by atoms with Gasteiger partial charge in [0.1, 0.15) is 6.04 Å². The van der Waals surface area contributed by atoms with Crippen LogP contribution < -0.4 is 5.32 Å². The van der Waals surface area contributed by atoms with E-state index in [0.29, 0.717) is 29.7 Å². The molecule has 2 bridgehead atoms. The van der Waals surface area contributed by atoms with Crippen LogP contribution in [-0.4, -0.2) is 64.8 Å². The van der Waals surface area contributed by atoms with Gasteiger partial charge in [-0.3, -0.25) is 4.55 Å². The largest absolute Gasteiger partial charge is 0.423 e. The summed E-state index contributed by atoms with van der Waals surface area (Å²) in [5.41, 5.74) is 0. The molecule has 2 N–H and O–H groups in total. The first-order valence-electron chi connectivity index (χ1n) is 8.23. The molecule has 138 valence electrons. The predicted molar refractivity (Wildman–Crippen MR) is 81.5 cm³/mol. The second-order valence-electron chi connectivity index (χ2n) is 6.53. The van der Waals surface area contributed by atoms with Gasteiger partial charge in [-0.2, -0.15) is 13.5 Å². The van der Waals surface area contributed by atoms with Gasteiger partial charge in [0.25, 0.3) is 0 Å². The van der Waals surface area contributed by atoms with E-state index in [4.69, 9.17) is 8.97 Å². The van der Waals surface area contributed by atoms with E-state index < -0.39 is 28.5 Å². The molecular formula is C13H19N5O6S. The standard InChI is InChI=1S/C13H19N5O6S/c19-13-17-7-9(18(13)24-25(20,21)22)3-4-10(17)12-16-15-11(23-12)8-2-1-5-14-6-8/h8-10,14H,1-7H2,(H,20,21,22)/t8-,9?,10+/m1/s1. The molecule has 3 fully saturated rings. The van der Waals surface area contributed by atoms with Crippen LogP contribution in [0.5, 0.6) is 0 Å². The third-order valence-corrected chi connectivity index (χ3v) is 5.23. The maximum Gasteiger partial charge on any atom is 0.418 e. The average molecular weight is 373 g/mol. The number of hydrogen-bond acceptors (Lipinski definition) is 8. The molecule has 3 aliphatic rings. The normalized spacial score (nSPS) is 30.1. The summed E-state index contributed by atoms with van der Waals surface area (Å²) in [6.07, 6.45) is 3.07. The van der Waals surface area contributed by atoms with E-state index in [1.165, 1.54) is 4.90 Å². The molecular weight excluding hydrogens is 354 g/mol. The number of hydrogen-bond donors (Lipinski definition) is 2. The molecule has 0 aromatic carbocycles. The van der Waals surface area contributed by atoms with E-state index in [0.717, 1.165) is 25.9 Å². The highest BCUT2D eigenvalue weighted by molar-refractivity contribution is 7.80. The second-order valence-corrected chi connectivity index (χ2v) is 7.54. The highest BCUT2D eigenvalue weighted by Crippen LogP contribution is 2.38. The number of rotatable bonds is 4. The number of hydroxylamine groups is 2. The number of carbonyl (C=O) groups is 1. The molecule has 4 heterocycles. The summed E-state index contributed by atoms with van der Waals surface area (Å²) in [5, 5.41) is 12.2. The quantitative estimate of drug-likeness (QED) is 0.709. The van der Waals surface area contributed by atoms with Crippen LogP contribution >= 0.6 is 0 Å². The van der Waals surface area contributed by atoms with E-state index in [2.05, 4.69) is 19.8 Å². The summed E-state index contributed by atoms with van der Waals surface area (Å²) in [6.45, 7) is 2.04. The van der Waals surface area contributed by atoms with Crippen LogP contribution in [0.3, 0.4) is 0 Å². The SMILES string of the molecule is O=C1N(OS(=O)(=O)O)C2CC[C@@H](c3nnc([C@@H]4CCCNC4)o3)N1C2. The minimum Gasteiger partial charge on any atom is -0.423 e. The summed E-state index contributed by atoms with van der Waals surface area (Å²) in [4.78, 5) is 13.8. The highest BCUT2D eigenvalue weighted by atomic mass is 32.3. The van der Waals surface area contributed by atoms with Crippen molar-refractivity contribution < 1.29 is 26.5 Å². The maximum absolute atomic E-state index is 12.4. The summed E-state index contributed by atoms with van der Waals surface area (Å²) < 4.78 is 40.9. The molecule has 0 radical (unpaired) electrons. The Morgan fingerprint density at radius 3 is 2.76 bits per heavy atom.